The van der Waals surface area contributed by atoms with Crippen molar-refractivity contribution in [3.05, 3.63) is 53.9 Å². The summed E-state index contributed by atoms with van der Waals surface area (Å²) in [6.07, 6.45) is 0.0604. The third kappa shape index (κ3) is 4.09. The molecule has 0 radical (unpaired) electrons. The summed E-state index contributed by atoms with van der Waals surface area (Å²) in [6, 6.07) is 12.6. The molecule has 1 aromatic heterocycles. The van der Waals surface area contributed by atoms with Crippen molar-refractivity contribution in [2.75, 3.05) is 26.6 Å². The Balaban J connectivity index is 1.79. The molecule has 3 aromatic rings. The van der Waals surface area contributed by atoms with Gasteiger partial charge in [0.15, 0.2) is 0 Å². The number of para-hydroxylation sites is 1. The molecule has 0 aliphatic rings. The van der Waals surface area contributed by atoms with Crippen LogP contribution in [0.2, 0.25) is 0 Å². The second-order valence-corrected chi connectivity index (χ2v) is 6.01. The van der Waals surface area contributed by atoms with Crippen LogP contribution in [0.4, 0.5) is 5.69 Å². The molecule has 28 heavy (non-hydrogen) atoms. The van der Waals surface area contributed by atoms with Gasteiger partial charge in [-0.3, -0.25) is 4.79 Å². The van der Waals surface area contributed by atoms with Crippen molar-refractivity contribution in [1.29, 1.82) is 0 Å². The van der Waals surface area contributed by atoms with Gasteiger partial charge in [-0.25, -0.2) is 4.98 Å². The predicted molar refractivity (Wildman–Crippen MR) is 105 cm³/mol. The lowest BCUT2D eigenvalue weighted by atomic mass is 10.2. The number of hydrogen-bond donors (Lipinski definition) is 1. The van der Waals surface area contributed by atoms with Gasteiger partial charge in [-0.05, 0) is 31.2 Å². The van der Waals surface area contributed by atoms with Gasteiger partial charge in [-0.2, -0.15) is 0 Å². The summed E-state index contributed by atoms with van der Waals surface area (Å²) in [4.78, 5) is 17.0. The van der Waals surface area contributed by atoms with E-state index in [1.807, 2.05) is 24.3 Å². The lowest BCUT2D eigenvalue weighted by molar-refractivity contribution is -0.115. The minimum absolute atomic E-state index is 0.0604. The summed E-state index contributed by atoms with van der Waals surface area (Å²) in [6.45, 7) is 1.78. The Morgan fingerprint density at radius 2 is 1.79 bits per heavy atom. The molecule has 0 fully saturated rings. The van der Waals surface area contributed by atoms with E-state index in [0.29, 0.717) is 40.3 Å². The third-order valence-corrected chi connectivity index (χ3v) is 4.24. The smallest absolute Gasteiger partial charge is 0.230 e. The molecular formula is C21H22N2O5. The zero-order valence-electron chi connectivity index (χ0n) is 16.2. The minimum Gasteiger partial charge on any atom is -0.497 e. The molecule has 146 valence electrons. The molecule has 0 spiro atoms. The van der Waals surface area contributed by atoms with Crippen molar-refractivity contribution < 1.29 is 23.4 Å². The fraction of sp³-hybridized carbons (Fsp3) is 0.238. The summed E-state index contributed by atoms with van der Waals surface area (Å²) in [5.74, 6) is 2.56. The first kappa shape index (κ1) is 19.3. The molecule has 0 saturated heterocycles. The van der Waals surface area contributed by atoms with Crippen LogP contribution < -0.4 is 19.5 Å². The summed E-state index contributed by atoms with van der Waals surface area (Å²) < 4.78 is 21.6. The van der Waals surface area contributed by atoms with E-state index in [4.69, 9.17) is 18.6 Å². The van der Waals surface area contributed by atoms with Gasteiger partial charge >= 0.3 is 0 Å². The van der Waals surface area contributed by atoms with E-state index >= 15 is 0 Å². The predicted octanol–water partition coefficient (Wildman–Crippen LogP) is 3.86. The first-order chi connectivity index (χ1) is 13.5. The molecular weight excluding hydrogens is 360 g/mol. The summed E-state index contributed by atoms with van der Waals surface area (Å²) in [7, 11) is 4.69. The molecule has 0 aliphatic heterocycles. The van der Waals surface area contributed by atoms with E-state index < -0.39 is 0 Å². The molecule has 3 rings (SSSR count). The topological polar surface area (TPSA) is 82.8 Å². The standard InChI is InChI=1S/C21H22N2O5/c1-13-16(23-21(28-13)15-7-5-6-8-18(15)26-3)12-20(24)22-17-11-14(25-2)9-10-19(17)27-4/h5-11H,12H2,1-4H3,(H,22,24). The average molecular weight is 382 g/mol. The van der Waals surface area contributed by atoms with Crippen molar-refractivity contribution in [1.82, 2.24) is 4.98 Å². The molecule has 1 heterocycles. The Kier molecular flexibility index (Phi) is 5.84. The normalized spacial score (nSPS) is 10.4. The summed E-state index contributed by atoms with van der Waals surface area (Å²) in [5.41, 5.74) is 1.81. The highest BCUT2D eigenvalue weighted by Gasteiger charge is 2.18. The van der Waals surface area contributed by atoms with Gasteiger partial charge in [-0.1, -0.05) is 12.1 Å². The summed E-state index contributed by atoms with van der Waals surface area (Å²) >= 11 is 0. The first-order valence-electron chi connectivity index (χ1n) is 8.67. The number of carbonyl (C=O) groups is 1. The van der Waals surface area contributed by atoms with Crippen LogP contribution in [0.15, 0.2) is 46.9 Å². The highest BCUT2D eigenvalue weighted by Crippen LogP contribution is 2.31. The molecule has 0 unspecified atom stereocenters. The van der Waals surface area contributed by atoms with E-state index in [-0.39, 0.29) is 12.3 Å². The molecule has 7 heteroatoms. The zero-order chi connectivity index (χ0) is 20.1. The van der Waals surface area contributed by atoms with Crippen LogP contribution >= 0.6 is 0 Å². The zero-order valence-corrected chi connectivity index (χ0v) is 16.2. The number of nitrogens with zero attached hydrogens (tertiary/aromatic N) is 1. The van der Waals surface area contributed by atoms with E-state index in [0.717, 1.165) is 5.56 Å². The number of anilines is 1. The van der Waals surface area contributed by atoms with Gasteiger partial charge in [0.1, 0.15) is 23.0 Å². The van der Waals surface area contributed by atoms with Crippen LogP contribution in [0.1, 0.15) is 11.5 Å². The monoisotopic (exact) mass is 382 g/mol. The maximum absolute atomic E-state index is 12.6. The fourth-order valence-electron chi connectivity index (χ4n) is 2.79. The number of carbonyl (C=O) groups excluding carboxylic acids is 1. The van der Waals surface area contributed by atoms with Crippen LogP contribution in [0.25, 0.3) is 11.5 Å². The van der Waals surface area contributed by atoms with E-state index in [2.05, 4.69) is 10.3 Å². The lowest BCUT2D eigenvalue weighted by Crippen LogP contribution is -2.15. The van der Waals surface area contributed by atoms with Gasteiger partial charge in [0.05, 0.1) is 44.7 Å². The Bertz CT molecular complexity index is 981. The molecule has 0 aliphatic carbocycles. The highest BCUT2D eigenvalue weighted by atomic mass is 16.5. The van der Waals surface area contributed by atoms with Crippen LogP contribution in [0.3, 0.4) is 0 Å². The second-order valence-electron chi connectivity index (χ2n) is 6.01. The molecule has 0 atom stereocenters. The van der Waals surface area contributed by atoms with E-state index in [9.17, 15) is 4.79 Å². The molecule has 2 aromatic carbocycles. The van der Waals surface area contributed by atoms with Crippen LogP contribution in [0, 0.1) is 6.92 Å². The largest absolute Gasteiger partial charge is 0.497 e. The number of benzene rings is 2. The molecule has 0 bridgehead atoms. The number of ether oxygens (including phenoxy) is 3. The van der Waals surface area contributed by atoms with Gasteiger partial charge in [0.25, 0.3) is 0 Å². The van der Waals surface area contributed by atoms with Crippen LogP contribution in [-0.4, -0.2) is 32.2 Å². The maximum Gasteiger partial charge on any atom is 0.230 e. The molecule has 1 amide bonds. The third-order valence-electron chi connectivity index (χ3n) is 4.24. The first-order valence-corrected chi connectivity index (χ1v) is 8.67. The van der Waals surface area contributed by atoms with Gasteiger partial charge in [-0.15, -0.1) is 0 Å². The molecule has 1 N–H and O–H groups in total. The maximum atomic E-state index is 12.6. The number of oxazole rings is 1. The van der Waals surface area contributed by atoms with Gasteiger partial charge in [0, 0.05) is 6.07 Å². The van der Waals surface area contributed by atoms with Crippen LogP contribution in [-0.2, 0) is 11.2 Å². The number of rotatable bonds is 7. The number of aryl methyl sites for hydroxylation is 1. The average Bonchev–Trinajstić information content (AvgIpc) is 3.07. The van der Waals surface area contributed by atoms with E-state index in [1.54, 1.807) is 46.5 Å². The quantitative estimate of drug-likeness (QED) is 0.668. The van der Waals surface area contributed by atoms with Crippen LogP contribution in [0.5, 0.6) is 17.2 Å². The second kappa shape index (κ2) is 8.47. The van der Waals surface area contributed by atoms with Crippen molar-refractivity contribution in [2.45, 2.75) is 13.3 Å². The van der Waals surface area contributed by atoms with Crippen molar-refractivity contribution in [2.24, 2.45) is 0 Å². The van der Waals surface area contributed by atoms with Crippen molar-refractivity contribution in [3.8, 4) is 28.7 Å². The number of aromatic nitrogens is 1. The minimum atomic E-state index is -0.241. The number of methoxy groups -OCH3 is 3. The Morgan fingerprint density at radius 3 is 2.50 bits per heavy atom. The van der Waals surface area contributed by atoms with Crippen molar-refractivity contribution in [3.63, 3.8) is 0 Å². The lowest BCUT2D eigenvalue weighted by Gasteiger charge is -2.11. The Hall–Kier alpha value is -3.48. The van der Waals surface area contributed by atoms with E-state index in [1.165, 1.54) is 0 Å². The number of amides is 1. The number of nitrogens with one attached hydrogen (secondary N) is 1. The Labute approximate surface area is 163 Å². The van der Waals surface area contributed by atoms with Gasteiger partial charge in [0.2, 0.25) is 11.8 Å². The highest BCUT2D eigenvalue weighted by molar-refractivity contribution is 5.94. The van der Waals surface area contributed by atoms with Gasteiger partial charge < -0.3 is 23.9 Å². The molecule has 0 saturated carbocycles. The fourth-order valence-corrected chi connectivity index (χ4v) is 2.79. The Morgan fingerprint density at radius 1 is 1.04 bits per heavy atom. The summed E-state index contributed by atoms with van der Waals surface area (Å²) in [5, 5.41) is 2.83. The SMILES string of the molecule is COc1ccc(OC)c(NC(=O)Cc2nc(-c3ccccc3OC)oc2C)c1. The van der Waals surface area contributed by atoms with Crippen molar-refractivity contribution >= 4 is 11.6 Å². The number of hydrogen-bond acceptors (Lipinski definition) is 6. The molecule has 7 nitrogen and oxygen atoms in total.